The van der Waals surface area contributed by atoms with Crippen molar-refractivity contribution in [2.24, 2.45) is 0 Å². The van der Waals surface area contributed by atoms with Crippen molar-refractivity contribution in [1.29, 1.82) is 0 Å². The zero-order valence-corrected chi connectivity index (χ0v) is 13.2. The van der Waals surface area contributed by atoms with E-state index >= 15 is 0 Å². The van der Waals surface area contributed by atoms with Gasteiger partial charge in [0.25, 0.3) is 5.91 Å². The van der Waals surface area contributed by atoms with E-state index in [0.717, 1.165) is 24.0 Å². The minimum absolute atomic E-state index is 0.124. The molecule has 0 saturated heterocycles. The largest absolute Gasteiger partial charge is 0.350 e. The van der Waals surface area contributed by atoms with Gasteiger partial charge in [0, 0.05) is 23.9 Å². The molecule has 24 heavy (non-hydrogen) atoms. The predicted molar refractivity (Wildman–Crippen MR) is 86.2 cm³/mol. The molecule has 1 aliphatic carbocycles. The van der Waals surface area contributed by atoms with Crippen LogP contribution in [0.4, 0.5) is 0 Å². The minimum Gasteiger partial charge on any atom is -0.350 e. The van der Waals surface area contributed by atoms with Gasteiger partial charge in [-0.3, -0.25) is 4.79 Å². The first-order chi connectivity index (χ1) is 11.7. The number of benzene rings is 1. The first-order valence-corrected chi connectivity index (χ1v) is 7.89. The number of aryl methyl sites for hydroxylation is 1. The molecule has 0 atom stereocenters. The topological polar surface area (TPSA) is 85.8 Å². The van der Waals surface area contributed by atoms with Crippen LogP contribution >= 0.6 is 0 Å². The van der Waals surface area contributed by atoms with E-state index < -0.39 is 0 Å². The van der Waals surface area contributed by atoms with E-state index in [0.29, 0.717) is 11.7 Å². The maximum atomic E-state index is 12.3. The van der Waals surface area contributed by atoms with Gasteiger partial charge in [-0.15, -0.1) is 5.10 Å². The Morgan fingerprint density at radius 2 is 2.21 bits per heavy atom. The number of nitrogens with one attached hydrogen (secondary N) is 1. The van der Waals surface area contributed by atoms with Crippen molar-refractivity contribution in [2.45, 2.75) is 31.8 Å². The lowest BCUT2D eigenvalue weighted by molar-refractivity contribution is 0.0850. The van der Waals surface area contributed by atoms with Crippen molar-refractivity contribution in [3.05, 3.63) is 54.0 Å². The second-order valence-electron chi connectivity index (χ2n) is 6.12. The summed E-state index contributed by atoms with van der Waals surface area (Å²) in [5.74, 6) is -0.000782. The average Bonchev–Trinajstić information content (AvgIpc) is 3.21. The van der Waals surface area contributed by atoms with Gasteiger partial charge in [-0.1, -0.05) is 34.1 Å². The molecule has 0 spiro atoms. The molecule has 1 N–H and O–H groups in total. The van der Waals surface area contributed by atoms with Crippen molar-refractivity contribution < 1.29 is 9.32 Å². The highest BCUT2D eigenvalue weighted by Gasteiger charge is 2.33. The van der Waals surface area contributed by atoms with E-state index in [-0.39, 0.29) is 17.7 Å². The summed E-state index contributed by atoms with van der Waals surface area (Å²) < 4.78 is 7.03. The monoisotopic (exact) mass is 323 g/mol. The van der Waals surface area contributed by atoms with Gasteiger partial charge in [-0.05, 0) is 25.8 Å². The standard InChI is InChI=1S/C17H17N5O2/c1-11-3-2-4-12(7-11)15-10-16(24-20-15)17(23)19-13-8-14(9-13)22-6-5-18-21-22/h2-7,10,13-14H,8-9H2,1H3,(H,19,23). The third-order valence-electron chi connectivity index (χ3n) is 4.31. The molecule has 4 rings (SSSR count). The van der Waals surface area contributed by atoms with Crippen LogP contribution < -0.4 is 5.32 Å². The Morgan fingerprint density at radius 1 is 1.33 bits per heavy atom. The van der Waals surface area contributed by atoms with E-state index in [2.05, 4.69) is 20.8 Å². The molecular formula is C17H17N5O2. The van der Waals surface area contributed by atoms with E-state index in [9.17, 15) is 4.79 Å². The SMILES string of the molecule is Cc1cccc(-c2cc(C(=O)NC3CC(n4ccnn4)C3)on2)c1. The maximum absolute atomic E-state index is 12.3. The highest BCUT2D eigenvalue weighted by molar-refractivity contribution is 5.92. The summed E-state index contributed by atoms with van der Waals surface area (Å²) in [5, 5.41) is 14.7. The molecular weight excluding hydrogens is 306 g/mol. The van der Waals surface area contributed by atoms with Gasteiger partial charge >= 0.3 is 0 Å². The summed E-state index contributed by atoms with van der Waals surface area (Å²) in [6.45, 7) is 2.01. The summed E-state index contributed by atoms with van der Waals surface area (Å²) in [5.41, 5.74) is 2.74. The van der Waals surface area contributed by atoms with Crippen LogP contribution in [0.2, 0.25) is 0 Å². The lowest BCUT2D eigenvalue weighted by Gasteiger charge is -2.35. The van der Waals surface area contributed by atoms with Crippen molar-refractivity contribution in [1.82, 2.24) is 25.5 Å². The van der Waals surface area contributed by atoms with Gasteiger partial charge in [-0.25, -0.2) is 4.68 Å². The summed E-state index contributed by atoms with van der Waals surface area (Å²) in [4.78, 5) is 12.3. The molecule has 1 aliphatic rings. The fraction of sp³-hybridized carbons (Fsp3) is 0.294. The zero-order valence-electron chi connectivity index (χ0n) is 13.2. The van der Waals surface area contributed by atoms with Crippen LogP contribution in [0, 0.1) is 6.92 Å². The third kappa shape index (κ3) is 2.80. The second-order valence-corrected chi connectivity index (χ2v) is 6.12. The second kappa shape index (κ2) is 5.92. The Bertz CT molecular complexity index is 850. The number of hydrogen-bond donors (Lipinski definition) is 1. The predicted octanol–water partition coefficient (Wildman–Crippen LogP) is 2.38. The first kappa shape index (κ1) is 14.6. The lowest BCUT2D eigenvalue weighted by Crippen LogP contribution is -2.45. The van der Waals surface area contributed by atoms with Gasteiger partial charge in [0.1, 0.15) is 5.69 Å². The minimum atomic E-state index is -0.233. The number of aromatic nitrogens is 4. The molecule has 3 aromatic rings. The number of carbonyl (C=O) groups is 1. The summed E-state index contributed by atoms with van der Waals surface area (Å²) in [7, 11) is 0. The normalized spacial score (nSPS) is 19.7. The summed E-state index contributed by atoms with van der Waals surface area (Å²) in [6, 6.07) is 10.0. The van der Waals surface area contributed by atoms with Gasteiger partial charge in [0.05, 0.1) is 12.2 Å². The molecule has 2 heterocycles. The van der Waals surface area contributed by atoms with Crippen molar-refractivity contribution in [3.63, 3.8) is 0 Å². The molecule has 122 valence electrons. The molecule has 1 aromatic carbocycles. The molecule has 1 saturated carbocycles. The van der Waals surface area contributed by atoms with Gasteiger partial charge in [0.15, 0.2) is 0 Å². The Kier molecular flexibility index (Phi) is 3.60. The van der Waals surface area contributed by atoms with E-state index in [1.165, 1.54) is 0 Å². The van der Waals surface area contributed by atoms with Gasteiger partial charge in [-0.2, -0.15) is 0 Å². The Hall–Kier alpha value is -2.96. The first-order valence-electron chi connectivity index (χ1n) is 7.89. The zero-order chi connectivity index (χ0) is 16.5. The lowest BCUT2D eigenvalue weighted by atomic mass is 9.87. The number of amides is 1. The third-order valence-corrected chi connectivity index (χ3v) is 4.31. The molecule has 0 radical (unpaired) electrons. The fourth-order valence-corrected chi connectivity index (χ4v) is 2.91. The maximum Gasteiger partial charge on any atom is 0.290 e. The van der Waals surface area contributed by atoms with E-state index in [1.807, 2.05) is 42.1 Å². The molecule has 2 aromatic heterocycles. The number of rotatable bonds is 4. The van der Waals surface area contributed by atoms with Crippen molar-refractivity contribution >= 4 is 5.91 Å². The Labute approximate surface area is 138 Å². The highest BCUT2D eigenvalue weighted by Crippen LogP contribution is 2.31. The van der Waals surface area contributed by atoms with Crippen LogP contribution in [-0.2, 0) is 0 Å². The smallest absolute Gasteiger partial charge is 0.290 e. The average molecular weight is 323 g/mol. The molecule has 0 aliphatic heterocycles. The molecule has 0 bridgehead atoms. The molecule has 1 amide bonds. The van der Waals surface area contributed by atoms with Crippen molar-refractivity contribution in [3.8, 4) is 11.3 Å². The summed E-state index contributed by atoms with van der Waals surface area (Å²) >= 11 is 0. The van der Waals surface area contributed by atoms with Crippen LogP contribution in [0.15, 0.2) is 47.2 Å². The van der Waals surface area contributed by atoms with E-state index in [1.54, 1.807) is 12.3 Å². The quantitative estimate of drug-likeness (QED) is 0.796. The number of hydrogen-bond acceptors (Lipinski definition) is 5. The van der Waals surface area contributed by atoms with Gasteiger partial charge in [0.2, 0.25) is 5.76 Å². The molecule has 7 heteroatoms. The van der Waals surface area contributed by atoms with Crippen LogP contribution in [0.3, 0.4) is 0 Å². The number of carbonyl (C=O) groups excluding carboxylic acids is 1. The Morgan fingerprint density at radius 3 is 2.96 bits per heavy atom. The summed E-state index contributed by atoms with van der Waals surface area (Å²) in [6.07, 6.45) is 5.18. The van der Waals surface area contributed by atoms with E-state index in [4.69, 9.17) is 4.52 Å². The van der Waals surface area contributed by atoms with Gasteiger partial charge < -0.3 is 9.84 Å². The van der Waals surface area contributed by atoms with Crippen LogP contribution in [0.5, 0.6) is 0 Å². The van der Waals surface area contributed by atoms with Crippen molar-refractivity contribution in [2.75, 3.05) is 0 Å². The van der Waals surface area contributed by atoms with Crippen LogP contribution in [0.1, 0.15) is 35.0 Å². The molecule has 1 fully saturated rings. The molecule has 0 unspecified atom stereocenters. The fourth-order valence-electron chi connectivity index (χ4n) is 2.91. The Balaban J connectivity index is 1.38. The van der Waals surface area contributed by atoms with Crippen LogP contribution in [-0.4, -0.2) is 32.1 Å². The number of nitrogens with zero attached hydrogens (tertiary/aromatic N) is 4. The highest BCUT2D eigenvalue weighted by atomic mass is 16.5. The van der Waals surface area contributed by atoms with Crippen LogP contribution in [0.25, 0.3) is 11.3 Å². The molecule has 7 nitrogen and oxygen atoms in total.